The van der Waals surface area contributed by atoms with Gasteiger partial charge in [-0.15, -0.1) is 0 Å². The fourth-order valence-corrected chi connectivity index (χ4v) is 1.83. The Labute approximate surface area is 110 Å². The standard InChI is InChI=1S/C15H24FNO/c1-12(2)18-9-5-8-17-13(3)10-14-6-4-7-15(16)11-14/h4,6-7,11-13,17H,5,8-10H2,1-3H3. The van der Waals surface area contributed by atoms with Gasteiger partial charge in [0.05, 0.1) is 6.10 Å². The summed E-state index contributed by atoms with van der Waals surface area (Å²) in [4.78, 5) is 0. The lowest BCUT2D eigenvalue weighted by Crippen LogP contribution is -2.29. The van der Waals surface area contributed by atoms with E-state index < -0.39 is 0 Å². The molecule has 18 heavy (non-hydrogen) atoms. The summed E-state index contributed by atoms with van der Waals surface area (Å²) in [5.41, 5.74) is 1.04. The molecule has 1 atom stereocenters. The van der Waals surface area contributed by atoms with Gasteiger partial charge in [0, 0.05) is 12.6 Å². The van der Waals surface area contributed by atoms with Gasteiger partial charge in [-0.05, 0) is 57.9 Å². The molecule has 2 nitrogen and oxygen atoms in total. The molecule has 1 unspecified atom stereocenters. The van der Waals surface area contributed by atoms with Gasteiger partial charge in [-0.25, -0.2) is 4.39 Å². The van der Waals surface area contributed by atoms with Crippen molar-refractivity contribution in [2.24, 2.45) is 0 Å². The molecule has 1 N–H and O–H groups in total. The summed E-state index contributed by atoms with van der Waals surface area (Å²) in [6, 6.07) is 7.15. The predicted octanol–water partition coefficient (Wildman–Crippen LogP) is 3.16. The van der Waals surface area contributed by atoms with Crippen LogP contribution in [0.1, 0.15) is 32.8 Å². The molecule has 0 heterocycles. The number of rotatable bonds is 8. The highest BCUT2D eigenvalue weighted by molar-refractivity contribution is 5.17. The second kappa shape index (κ2) is 8.22. The monoisotopic (exact) mass is 253 g/mol. The Morgan fingerprint density at radius 3 is 2.72 bits per heavy atom. The van der Waals surface area contributed by atoms with Gasteiger partial charge in [0.2, 0.25) is 0 Å². The van der Waals surface area contributed by atoms with E-state index in [-0.39, 0.29) is 5.82 Å². The quantitative estimate of drug-likeness (QED) is 0.719. The van der Waals surface area contributed by atoms with Crippen molar-refractivity contribution in [3.05, 3.63) is 35.6 Å². The third kappa shape index (κ3) is 6.72. The van der Waals surface area contributed by atoms with Crippen molar-refractivity contribution in [1.82, 2.24) is 5.32 Å². The Morgan fingerprint density at radius 2 is 2.06 bits per heavy atom. The van der Waals surface area contributed by atoms with Crippen LogP contribution in [0.25, 0.3) is 0 Å². The molecule has 1 aromatic carbocycles. The highest BCUT2D eigenvalue weighted by Gasteiger charge is 2.03. The lowest BCUT2D eigenvalue weighted by Gasteiger charge is -2.14. The molecule has 0 bridgehead atoms. The molecule has 1 rings (SSSR count). The number of nitrogens with one attached hydrogen (secondary N) is 1. The van der Waals surface area contributed by atoms with E-state index in [1.165, 1.54) is 6.07 Å². The molecule has 102 valence electrons. The Balaban J connectivity index is 2.16. The second-order valence-electron chi connectivity index (χ2n) is 4.96. The van der Waals surface area contributed by atoms with E-state index in [4.69, 9.17) is 4.74 Å². The molecule has 0 aliphatic rings. The van der Waals surface area contributed by atoms with Crippen molar-refractivity contribution in [2.75, 3.05) is 13.2 Å². The molecule has 0 aromatic heterocycles. The molecule has 0 saturated carbocycles. The first-order valence-electron chi connectivity index (χ1n) is 6.67. The van der Waals surface area contributed by atoms with Crippen molar-refractivity contribution in [3.8, 4) is 0 Å². The van der Waals surface area contributed by atoms with Crippen LogP contribution in [0, 0.1) is 5.82 Å². The molecule has 0 spiro atoms. The largest absolute Gasteiger partial charge is 0.379 e. The summed E-state index contributed by atoms with van der Waals surface area (Å²) >= 11 is 0. The SMILES string of the molecule is CC(Cc1cccc(F)c1)NCCCOC(C)C. The second-order valence-corrected chi connectivity index (χ2v) is 4.96. The van der Waals surface area contributed by atoms with Crippen LogP contribution in [-0.2, 0) is 11.2 Å². The molecular formula is C15H24FNO. The van der Waals surface area contributed by atoms with Crippen LogP contribution < -0.4 is 5.32 Å². The minimum atomic E-state index is -0.162. The maximum atomic E-state index is 13.0. The number of halogens is 1. The van der Waals surface area contributed by atoms with E-state index in [9.17, 15) is 4.39 Å². The summed E-state index contributed by atoms with van der Waals surface area (Å²) < 4.78 is 18.5. The van der Waals surface area contributed by atoms with Gasteiger partial charge in [0.1, 0.15) is 5.82 Å². The zero-order valence-corrected chi connectivity index (χ0v) is 11.6. The molecule has 0 radical (unpaired) electrons. The zero-order valence-electron chi connectivity index (χ0n) is 11.6. The van der Waals surface area contributed by atoms with Crippen LogP contribution in [0.15, 0.2) is 24.3 Å². The number of ether oxygens (including phenoxy) is 1. The Hall–Kier alpha value is -0.930. The molecule has 0 saturated heterocycles. The summed E-state index contributed by atoms with van der Waals surface area (Å²) in [6.07, 6.45) is 2.16. The number of hydrogen-bond donors (Lipinski definition) is 1. The molecular weight excluding hydrogens is 229 g/mol. The average molecular weight is 253 g/mol. The van der Waals surface area contributed by atoms with Crippen molar-refractivity contribution >= 4 is 0 Å². The third-order valence-electron chi connectivity index (χ3n) is 2.70. The lowest BCUT2D eigenvalue weighted by molar-refractivity contribution is 0.0768. The van der Waals surface area contributed by atoms with E-state index >= 15 is 0 Å². The predicted molar refractivity (Wildman–Crippen MR) is 73.3 cm³/mol. The fourth-order valence-electron chi connectivity index (χ4n) is 1.83. The minimum Gasteiger partial charge on any atom is -0.379 e. The molecule has 0 aliphatic carbocycles. The van der Waals surface area contributed by atoms with Gasteiger partial charge in [-0.3, -0.25) is 0 Å². The van der Waals surface area contributed by atoms with Crippen molar-refractivity contribution < 1.29 is 9.13 Å². The van der Waals surface area contributed by atoms with Gasteiger partial charge >= 0.3 is 0 Å². The highest BCUT2D eigenvalue weighted by Crippen LogP contribution is 2.06. The molecule has 0 amide bonds. The Morgan fingerprint density at radius 1 is 1.28 bits per heavy atom. The fraction of sp³-hybridized carbons (Fsp3) is 0.600. The minimum absolute atomic E-state index is 0.162. The Bertz CT molecular complexity index is 341. The molecule has 0 aliphatic heterocycles. The van der Waals surface area contributed by atoms with Gasteiger partial charge in [0.25, 0.3) is 0 Å². The van der Waals surface area contributed by atoms with E-state index in [0.717, 1.165) is 31.6 Å². The van der Waals surface area contributed by atoms with E-state index in [1.807, 2.05) is 19.9 Å². The maximum Gasteiger partial charge on any atom is 0.123 e. The average Bonchev–Trinajstić information content (AvgIpc) is 2.28. The van der Waals surface area contributed by atoms with Gasteiger partial charge in [0.15, 0.2) is 0 Å². The summed E-state index contributed by atoms with van der Waals surface area (Å²) in [6.45, 7) is 7.93. The van der Waals surface area contributed by atoms with Gasteiger partial charge in [-0.2, -0.15) is 0 Å². The zero-order chi connectivity index (χ0) is 13.4. The maximum absolute atomic E-state index is 13.0. The van der Waals surface area contributed by atoms with Crippen LogP contribution in [0.2, 0.25) is 0 Å². The summed E-state index contributed by atoms with van der Waals surface area (Å²) in [7, 11) is 0. The third-order valence-corrected chi connectivity index (χ3v) is 2.70. The summed E-state index contributed by atoms with van der Waals surface area (Å²) in [5.74, 6) is -0.162. The van der Waals surface area contributed by atoms with Crippen molar-refractivity contribution in [2.45, 2.75) is 45.8 Å². The van der Waals surface area contributed by atoms with Crippen molar-refractivity contribution in [1.29, 1.82) is 0 Å². The van der Waals surface area contributed by atoms with E-state index in [1.54, 1.807) is 12.1 Å². The highest BCUT2D eigenvalue weighted by atomic mass is 19.1. The first-order chi connectivity index (χ1) is 8.58. The normalized spacial score (nSPS) is 12.9. The number of hydrogen-bond acceptors (Lipinski definition) is 2. The smallest absolute Gasteiger partial charge is 0.123 e. The van der Waals surface area contributed by atoms with Crippen LogP contribution in [-0.4, -0.2) is 25.3 Å². The van der Waals surface area contributed by atoms with Crippen molar-refractivity contribution in [3.63, 3.8) is 0 Å². The number of benzene rings is 1. The molecule has 1 aromatic rings. The topological polar surface area (TPSA) is 21.3 Å². The Kier molecular flexibility index (Phi) is 6.91. The van der Waals surface area contributed by atoms with Gasteiger partial charge in [-0.1, -0.05) is 12.1 Å². The van der Waals surface area contributed by atoms with E-state index in [0.29, 0.717) is 12.1 Å². The van der Waals surface area contributed by atoms with Crippen LogP contribution >= 0.6 is 0 Å². The van der Waals surface area contributed by atoms with E-state index in [2.05, 4.69) is 12.2 Å². The molecule has 0 fully saturated rings. The first kappa shape index (κ1) is 15.1. The summed E-state index contributed by atoms with van der Waals surface area (Å²) in [5, 5.41) is 3.42. The van der Waals surface area contributed by atoms with Crippen LogP contribution in [0.4, 0.5) is 4.39 Å². The lowest BCUT2D eigenvalue weighted by atomic mass is 10.1. The molecule has 3 heteroatoms. The van der Waals surface area contributed by atoms with Gasteiger partial charge < -0.3 is 10.1 Å². The van der Waals surface area contributed by atoms with Crippen LogP contribution in [0.5, 0.6) is 0 Å². The van der Waals surface area contributed by atoms with Crippen LogP contribution in [0.3, 0.4) is 0 Å². The first-order valence-corrected chi connectivity index (χ1v) is 6.67.